The average Bonchev–Trinajstić information content (AvgIpc) is 2.83. The number of carbonyl (C=O) groups is 1. The van der Waals surface area contributed by atoms with Gasteiger partial charge in [-0.3, -0.25) is 4.79 Å². The Kier molecular flexibility index (Phi) is 7.45. The van der Waals surface area contributed by atoms with Crippen molar-refractivity contribution in [3.8, 4) is 0 Å². The van der Waals surface area contributed by atoms with Crippen LogP contribution >= 0.6 is 0 Å². The minimum absolute atomic E-state index is 0.0374. The Bertz CT molecular complexity index is 830. The monoisotopic (exact) mass is 498 g/mol. The first kappa shape index (κ1) is 27.0. The van der Waals surface area contributed by atoms with Crippen LogP contribution in [0.3, 0.4) is 0 Å². The molecule has 3 aliphatic carbocycles. The molecule has 9 nitrogen and oxygen atoms in total. The van der Waals surface area contributed by atoms with Crippen LogP contribution in [0.25, 0.3) is 0 Å². The normalized spacial score (nSPS) is 48.8. The van der Waals surface area contributed by atoms with Gasteiger partial charge in [-0.25, -0.2) is 0 Å². The maximum absolute atomic E-state index is 13.6. The summed E-state index contributed by atoms with van der Waals surface area (Å²) in [6.07, 6.45) is -0.293. The van der Waals surface area contributed by atoms with E-state index in [4.69, 9.17) is 9.47 Å². The van der Waals surface area contributed by atoms with E-state index >= 15 is 0 Å². The van der Waals surface area contributed by atoms with Gasteiger partial charge in [-0.15, -0.1) is 0 Å². The molecule has 6 N–H and O–H groups in total. The van der Waals surface area contributed by atoms with Crippen molar-refractivity contribution in [2.45, 2.75) is 103 Å². The number of hydrogen-bond acceptors (Lipinski definition) is 9. The van der Waals surface area contributed by atoms with Crippen molar-refractivity contribution in [2.24, 2.45) is 28.1 Å². The Morgan fingerprint density at radius 3 is 2.46 bits per heavy atom. The van der Waals surface area contributed by atoms with Crippen LogP contribution in [0.5, 0.6) is 0 Å². The Hall–Kier alpha value is -1.07. The highest BCUT2D eigenvalue weighted by Gasteiger charge is 2.60. The smallest absolute Gasteiger partial charge is 0.314 e. The lowest BCUT2D eigenvalue weighted by atomic mass is 9.45. The van der Waals surface area contributed by atoms with Crippen LogP contribution in [0.2, 0.25) is 0 Å². The maximum atomic E-state index is 13.6. The number of hydrogen-bond donors (Lipinski definition) is 6. The number of ether oxygens (including phenoxy) is 2. The molecule has 200 valence electrons. The summed E-state index contributed by atoms with van der Waals surface area (Å²) in [7, 11) is 0. The van der Waals surface area contributed by atoms with E-state index in [9.17, 15) is 35.4 Å². The first-order valence-corrected chi connectivity index (χ1v) is 12.9. The van der Waals surface area contributed by atoms with Crippen molar-refractivity contribution in [3.63, 3.8) is 0 Å². The molecule has 0 spiro atoms. The fourth-order valence-electron chi connectivity index (χ4n) is 7.65. The molecule has 0 amide bonds. The van der Waals surface area contributed by atoms with Crippen molar-refractivity contribution in [3.05, 3.63) is 11.6 Å². The molecule has 0 radical (unpaired) electrons. The standard InChI is InChI=1S/C26H42O9/c1-24(18(29)13-28)10-7-15-14(11-24)5-6-17-25(15,2)8-4-9-26(17,3)23(33)35-22-21(32)20(31)19(30)16(12-27)34-22/h11,15-22,27-32H,4-10,12-13H2,1-3H3/t15-,16+,17-,18+,19+,20-,21+,22-,24-,25-,26+/m0/s1. The summed E-state index contributed by atoms with van der Waals surface area (Å²) in [6.45, 7) is 5.30. The second-order valence-electron chi connectivity index (χ2n) is 12.0. The predicted molar refractivity (Wildman–Crippen MR) is 125 cm³/mol. The maximum Gasteiger partial charge on any atom is 0.314 e. The molecule has 0 unspecified atom stereocenters. The minimum Gasteiger partial charge on any atom is -0.432 e. The fourth-order valence-corrected chi connectivity index (χ4v) is 7.65. The molecule has 0 bridgehead atoms. The van der Waals surface area contributed by atoms with Crippen molar-refractivity contribution in [1.82, 2.24) is 0 Å². The highest BCUT2D eigenvalue weighted by Crippen LogP contribution is 2.64. The molecule has 0 aromatic rings. The summed E-state index contributed by atoms with van der Waals surface area (Å²) in [5, 5.41) is 59.9. The van der Waals surface area contributed by atoms with Gasteiger partial charge in [0.15, 0.2) is 0 Å². The highest BCUT2D eigenvalue weighted by molar-refractivity contribution is 5.77. The Morgan fingerprint density at radius 1 is 1.09 bits per heavy atom. The zero-order valence-corrected chi connectivity index (χ0v) is 21.0. The van der Waals surface area contributed by atoms with Gasteiger partial charge in [0.2, 0.25) is 6.29 Å². The molecular formula is C26H42O9. The summed E-state index contributed by atoms with van der Waals surface area (Å²) < 4.78 is 11.1. The summed E-state index contributed by atoms with van der Waals surface area (Å²) in [6, 6.07) is 0. The molecule has 35 heavy (non-hydrogen) atoms. The van der Waals surface area contributed by atoms with Crippen LogP contribution in [-0.2, 0) is 14.3 Å². The van der Waals surface area contributed by atoms with Gasteiger partial charge in [0.25, 0.3) is 0 Å². The van der Waals surface area contributed by atoms with Crippen molar-refractivity contribution in [1.29, 1.82) is 0 Å². The zero-order valence-electron chi connectivity index (χ0n) is 21.0. The first-order valence-electron chi connectivity index (χ1n) is 12.9. The highest BCUT2D eigenvalue weighted by atomic mass is 16.7. The van der Waals surface area contributed by atoms with Crippen LogP contribution < -0.4 is 0 Å². The van der Waals surface area contributed by atoms with Gasteiger partial charge in [0.05, 0.1) is 24.7 Å². The summed E-state index contributed by atoms with van der Waals surface area (Å²) in [4.78, 5) is 13.6. The molecule has 2 saturated carbocycles. The summed E-state index contributed by atoms with van der Waals surface area (Å²) >= 11 is 0. The minimum atomic E-state index is -1.62. The van der Waals surface area contributed by atoms with Gasteiger partial charge in [-0.05, 0) is 62.7 Å². The van der Waals surface area contributed by atoms with Crippen LogP contribution in [0.4, 0.5) is 0 Å². The van der Waals surface area contributed by atoms with E-state index in [0.29, 0.717) is 6.42 Å². The Morgan fingerprint density at radius 2 is 1.80 bits per heavy atom. The third-order valence-electron chi connectivity index (χ3n) is 9.90. The lowest BCUT2D eigenvalue weighted by Gasteiger charge is -2.59. The third-order valence-corrected chi connectivity index (χ3v) is 9.90. The van der Waals surface area contributed by atoms with Crippen LogP contribution in [0, 0.1) is 28.1 Å². The number of fused-ring (bicyclic) bond motifs is 3. The SMILES string of the molecule is C[C@@]12CCC[C@@](C)(C(=O)O[C@@H]3O[C@H](CO)[C@@H](O)[C@H](O)[C@H]3O)[C@H]1CCC1=C[C@@](C)([C@H](O)CO)CC[C@@H]12. The number of carbonyl (C=O) groups excluding carboxylic acids is 1. The van der Waals surface area contributed by atoms with E-state index in [1.807, 2.05) is 13.8 Å². The number of allylic oxidation sites excluding steroid dienone is 1. The average molecular weight is 499 g/mol. The first-order chi connectivity index (χ1) is 16.4. The zero-order chi connectivity index (χ0) is 25.8. The largest absolute Gasteiger partial charge is 0.432 e. The number of rotatable bonds is 5. The Labute approximate surface area is 206 Å². The molecule has 3 fully saturated rings. The van der Waals surface area contributed by atoms with Crippen molar-refractivity contribution >= 4 is 5.97 Å². The van der Waals surface area contributed by atoms with Crippen LogP contribution in [0.1, 0.15) is 65.7 Å². The molecule has 11 atom stereocenters. The van der Waals surface area contributed by atoms with E-state index in [0.717, 1.165) is 38.5 Å². The fraction of sp³-hybridized carbons (Fsp3) is 0.885. The van der Waals surface area contributed by atoms with Gasteiger partial charge in [0.1, 0.15) is 24.4 Å². The van der Waals surface area contributed by atoms with Crippen molar-refractivity contribution in [2.75, 3.05) is 13.2 Å². The van der Waals surface area contributed by atoms with Gasteiger partial charge in [-0.1, -0.05) is 31.9 Å². The molecule has 1 aliphatic heterocycles. The van der Waals surface area contributed by atoms with Crippen LogP contribution in [0.15, 0.2) is 11.6 Å². The molecule has 0 aromatic carbocycles. The van der Waals surface area contributed by atoms with E-state index in [-0.39, 0.29) is 23.9 Å². The topological polar surface area (TPSA) is 157 Å². The molecule has 4 aliphatic rings. The van der Waals surface area contributed by atoms with Crippen molar-refractivity contribution < 1.29 is 44.9 Å². The number of esters is 1. The molecule has 1 saturated heterocycles. The molecule has 9 heteroatoms. The van der Waals surface area contributed by atoms with Gasteiger partial charge in [-0.2, -0.15) is 0 Å². The van der Waals surface area contributed by atoms with Gasteiger partial charge < -0.3 is 40.1 Å². The van der Waals surface area contributed by atoms with Crippen LogP contribution in [-0.4, -0.2) is 86.6 Å². The molecular weight excluding hydrogens is 456 g/mol. The third kappa shape index (κ3) is 4.37. The molecule has 4 rings (SSSR count). The van der Waals surface area contributed by atoms with Gasteiger partial charge >= 0.3 is 5.97 Å². The number of aliphatic hydroxyl groups is 6. The lowest BCUT2D eigenvalue weighted by Crippen LogP contribution is -2.61. The summed E-state index contributed by atoms with van der Waals surface area (Å²) in [5.74, 6) is -0.183. The van der Waals surface area contributed by atoms with E-state index in [1.54, 1.807) is 0 Å². The van der Waals surface area contributed by atoms with Gasteiger partial charge in [0, 0.05) is 5.41 Å². The quantitative estimate of drug-likeness (QED) is 0.236. The van der Waals surface area contributed by atoms with E-state index < -0.39 is 60.2 Å². The molecule has 1 heterocycles. The second-order valence-corrected chi connectivity index (χ2v) is 12.0. The number of aliphatic hydroxyl groups excluding tert-OH is 6. The second kappa shape index (κ2) is 9.67. The van der Waals surface area contributed by atoms with E-state index in [1.165, 1.54) is 5.57 Å². The Balaban J connectivity index is 1.55. The lowest BCUT2D eigenvalue weighted by molar-refractivity contribution is -0.297. The van der Waals surface area contributed by atoms with E-state index in [2.05, 4.69) is 13.0 Å². The molecule has 0 aromatic heterocycles. The summed E-state index contributed by atoms with van der Waals surface area (Å²) in [5.41, 5.74) is -0.111. The predicted octanol–water partition coefficient (Wildman–Crippen LogP) is 0.632.